The van der Waals surface area contributed by atoms with Gasteiger partial charge in [-0.15, -0.1) is 24.8 Å². The van der Waals surface area contributed by atoms with Gasteiger partial charge >= 0.3 is 0 Å². The molecule has 5 N–H and O–H groups in total. The van der Waals surface area contributed by atoms with E-state index in [0.29, 0.717) is 30.0 Å². The molecule has 2 fully saturated rings. The number of nitrogens with one attached hydrogen (secondary N) is 2. The number of fused-ring (bicyclic) bond motifs is 1. The maximum Gasteiger partial charge on any atom is 0.227 e. The molecule has 0 aromatic carbocycles. The summed E-state index contributed by atoms with van der Waals surface area (Å²) in [6.07, 6.45) is 13.8. The van der Waals surface area contributed by atoms with Crippen LogP contribution in [-0.4, -0.2) is 48.4 Å². The number of aliphatic hydroxyl groups is 1. The van der Waals surface area contributed by atoms with Crippen molar-refractivity contribution in [3.8, 4) is 0 Å². The van der Waals surface area contributed by atoms with Crippen LogP contribution in [0.3, 0.4) is 0 Å². The second-order valence-electron chi connectivity index (χ2n) is 11.6. The van der Waals surface area contributed by atoms with Crippen molar-refractivity contribution in [2.24, 2.45) is 11.7 Å². The Kier molecular flexibility index (Phi) is 11.5. The number of imidazole rings is 1. The molecule has 0 amide bonds. The molecule has 10 heteroatoms. The van der Waals surface area contributed by atoms with Crippen molar-refractivity contribution in [1.82, 2.24) is 19.5 Å². The van der Waals surface area contributed by atoms with Gasteiger partial charge in [0.2, 0.25) is 5.95 Å². The Morgan fingerprint density at radius 3 is 2.36 bits per heavy atom. The summed E-state index contributed by atoms with van der Waals surface area (Å²) >= 11 is 0. The van der Waals surface area contributed by atoms with Crippen LogP contribution in [-0.2, 0) is 0 Å². The monoisotopic (exact) mass is 543 g/mol. The zero-order chi connectivity index (χ0) is 24.3. The van der Waals surface area contributed by atoms with Crippen LogP contribution in [0.25, 0.3) is 11.2 Å². The Morgan fingerprint density at radius 2 is 1.75 bits per heavy atom. The standard InChI is InChI=1S/C26H45N7O.2ClH/c1-17(2)21(10-7-15-26(3,4)34)30-23-22-24(33(16-28-22)20-8-5-6-9-20)32-25(31-23)29-19-13-11-18(27)12-14-19;;/h16-21,34H,5-15,27H2,1-4H3,(H2,29,30,31,32);2*1H. The molecule has 2 aliphatic carbocycles. The second-order valence-corrected chi connectivity index (χ2v) is 11.6. The van der Waals surface area contributed by atoms with Crippen molar-refractivity contribution in [3.63, 3.8) is 0 Å². The van der Waals surface area contributed by atoms with Crippen LogP contribution < -0.4 is 16.4 Å². The van der Waals surface area contributed by atoms with Crippen LogP contribution in [0.4, 0.5) is 11.8 Å². The van der Waals surface area contributed by atoms with Crippen LogP contribution in [0.5, 0.6) is 0 Å². The first-order valence-corrected chi connectivity index (χ1v) is 13.4. The van der Waals surface area contributed by atoms with Gasteiger partial charge in [-0.2, -0.15) is 9.97 Å². The third-order valence-electron chi connectivity index (χ3n) is 7.68. The van der Waals surface area contributed by atoms with E-state index in [4.69, 9.17) is 20.7 Å². The molecule has 8 nitrogen and oxygen atoms in total. The highest BCUT2D eigenvalue weighted by atomic mass is 35.5. The maximum absolute atomic E-state index is 10.1. The van der Waals surface area contributed by atoms with Crippen LogP contribution >= 0.6 is 24.8 Å². The predicted octanol–water partition coefficient (Wildman–Crippen LogP) is 5.84. The van der Waals surface area contributed by atoms with E-state index in [0.717, 1.165) is 61.9 Å². The molecule has 1 atom stereocenters. The summed E-state index contributed by atoms with van der Waals surface area (Å²) in [5.41, 5.74) is 7.27. The first-order valence-electron chi connectivity index (χ1n) is 13.4. The molecule has 0 bridgehead atoms. The van der Waals surface area contributed by atoms with E-state index in [9.17, 15) is 5.11 Å². The highest BCUT2D eigenvalue weighted by Crippen LogP contribution is 2.34. The summed E-state index contributed by atoms with van der Waals surface area (Å²) in [6, 6.07) is 1.40. The van der Waals surface area contributed by atoms with E-state index in [2.05, 4.69) is 29.0 Å². The minimum atomic E-state index is -0.636. The summed E-state index contributed by atoms with van der Waals surface area (Å²) < 4.78 is 2.27. The van der Waals surface area contributed by atoms with Crippen LogP contribution in [0.1, 0.15) is 104 Å². The van der Waals surface area contributed by atoms with Gasteiger partial charge in [-0.05, 0) is 77.6 Å². The van der Waals surface area contributed by atoms with Gasteiger partial charge in [-0.1, -0.05) is 26.7 Å². The Morgan fingerprint density at radius 1 is 1.08 bits per heavy atom. The molecular weight excluding hydrogens is 497 g/mol. The quantitative estimate of drug-likeness (QED) is 0.297. The molecule has 1 unspecified atom stereocenters. The van der Waals surface area contributed by atoms with Gasteiger partial charge in [0.15, 0.2) is 17.0 Å². The van der Waals surface area contributed by atoms with E-state index in [1.807, 2.05) is 20.2 Å². The van der Waals surface area contributed by atoms with Gasteiger partial charge in [0.25, 0.3) is 0 Å². The lowest BCUT2D eigenvalue weighted by Crippen LogP contribution is -2.33. The van der Waals surface area contributed by atoms with Crippen molar-refractivity contribution >= 4 is 47.7 Å². The molecule has 0 radical (unpaired) electrons. The zero-order valence-corrected chi connectivity index (χ0v) is 24.0. The molecule has 4 rings (SSSR count). The lowest BCUT2D eigenvalue weighted by Gasteiger charge is -2.27. The number of nitrogens with zero attached hydrogens (tertiary/aromatic N) is 4. The number of nitrogens with two attached hydrogens (primary N) is 1. The third-order valence-corrected chi connectivity index (χ3v) is 7.68. The zero-order valence-electron chi connectivity index (χ0n) is 22.4. The number of anilines is 2. The lowest BCUT2D eigenvalue weighted by molar-refractivity contribution is 0.0675. The van der Waals surface area contributed by atoms with Gasteiger partial charge in [0, 0.05) is 24.2 Å². The molecule has 2 saturated carbocycles. The van der Waals surface area contributed by atoms with Gasteiger partial charge < -0.3 is 26.0 Å². The summed E-state index contributed by atoms with van der Waals surface area (Å²) in [5, 5.41) is 17.5. The molecule has 2 aromatic rings. The molecule has 0 spiro atoms. The van der Waals surface area contributed by atoms with Crippen LogP contribution in [0, 0.1) is 5.92 Å². The number of aromatic nitrogens is 4. The minimum Gasteiger partial charge on any atom is -0.390 e. The molecule has 2 heterocycles. The second kappa shape index (κ2) is 13.4. The van der Waals surface area contributed by atoms with E-state index in [1.54, 1.807) is 0 Å². The number of rotatable bonds is 10. The average Bonchev–Trinajstić information content (AvgIpc) is 3.43. The highest BCUT2D eigenvalue weighted by molar-refractivity contribution is 5.86. The normalized spacial score (nSPS) is 21.8. The van der Waals surface area contributed by atoms with Crippen molar-refractivity contribution in [2.75, 3.05) is 10.6 Å². The molecule has 2 aromatic heterocycles. The van der Waals surface area contributed by atoms with E-state index in [1.165, 1.54) is 25.7 Å². The molecule has 0 saturated heterocycles. The van der Waals surface area contributed by atoms with E-state index < -0.39 is 5.60 Å². The Labute approximate surface area is 228 Å². The Bertz CT molecular complexity index is 932. The molecule has 2 aliphatic rings. The van der Waals surface area contributed by atoms with Crippen LogP contribution in [0.2, 0.25) is 0 Å². The predicted molar refractivity (Wildman–Crippen MR) is 154 cm³/mol. The first-order chi connectivity index (χ1) is 16.2. The molecule has 206 valence electrons. The fourth-order valence-electron chi connectivity index (χ4n) is 5.48. The minimum absolute atomic E-state index is 0. The largest absolute Gasteiger partial charge is 0.390 e. The first kappa shape index (κ1) is 30.9. The van der Waals surface area contributed by atoms with Crippen LogP contribution in [0.15, 0.2) is 6.33 Å². The summed E-state index contributed by atoms with van der Waals surface area (Å²) in [6.45, 7) is 8.23. The van der Waals surface area contributed by atoms with Crippen molar-refractivity contribution in [2.45, 2.75) is 128 Å². The van der Waals surface area contributed by atoms with Gasteiger partial charge in [0.1, 0.15) is 0 Å². The summed E-state index contributed by atoms with van der Waals surface area (Å²) in [7, 11) is 0. The Hall–Kier alpha value is -1.35. The van der Waals surface area contributed by atoms with E-state index >= 15 is 0 Å². The van der Waals surface area contributed by atoms with E-state index in [-0.39, 0.29) is 30.9 Å². The number of hydrogen-bond acceptors (Lipinski definition) is 7. The molecule has 0 aliphatic heterocycles. The van der Waals surface area contributed by atoms with Crippen molar-refractivity contribution in [3.05, 3.63) is 6.33 Å². The van der Waals surface area contributed by atoms with Crippen molar-refractivity contribution < 1.29 is 5.11 Å². The fourth-order valence-corrected chi connectivity index (χ4v) is 5.48. The summed E-state index contributed by atoms with van der Waals surface area (Å²) in [4.78, 5) is 14.7. The highest BCUT2D eigenvalue weighted by Gasteiger charge is 2.25. The third kappa shape index (κ3) is 8.07. The topological polar surface area (TPSA) is 114 Å². The number of halogens is 2. The lowest BCUT2D eigenvalue weighted by atomic mass is 9.92. The average molecular weight is 545 g/mol. The molecule has 36 heavy (non-hydrogen) atoms. The number of hydrogen-bond donors (Lipinski definition) is 4. The van der Waals surface area contributed by atoms with Gasteiger partial charge in [-0.25, -0.2) is 4.98 Å². The van der Waals surface area contributed by atoms with Gasteiger partial charge in [-0.3, -0.25) is 0 Å². The van der Waals surface area contributed by atoms with Crippen molar-refractivity contribution in [1.29, 1.82) is 0 Å². The maximum atomic E-state index is 10.1. The SMILES string of the molecule is CC(C)C(CCCC(C)(C)O)Nc1nc(NC2CCC(N)CC2)nc2c1ncn2C1CCCC1.Cl.Cl. The smallest absolute Gasteiger partial charge is 0.227 e. The fraction of sp³-hybridized carbons (Fsp3) is 0.808. The summed E-state index contributed by atoms with van der Waals surface area (Å²) in [5.74, 6) is 1.94. The molecular formula is C26H47Cl2N7O. The Balaban J connectivity index is 0.00000228. The van der Waals surface area contributed by atoms with Gasteiger partial charge in [0.05, 0.1) is 11.9 Å².